The van der Waals surface area contributed by atoms with Gasteiger partial charge in [-0.1, -0.05) is 51.4 Å². The Bertz CT molecular complexity index is 1200. The second kappa shape index (κ2) is 36.5. The van der Waals surface area contributed by atoms with Crippen LogP contribution in [0.3, 0.4) is 0 Å². The van der Waals surface area contributed by atoms with Crippen LogP contribution in [0.5, 0.6) is 0 Å². The van der Waals surface area contributed by atoms with Crippen molar-refractivity contribution in [2.45, 2.75) is 218 Å². The minimum absolute atomic E-state index is 0.246. The Labute approximate surface area is 385 Å². The summed E-state index contributed by atoms with van der Waals surface area (Å²) >= 11 is 0. The van der Waals surface area contributed by atoms with Crippen LogP contribution in [-0.4, -0.2) is 110 Å². The Morgan fingerprint density at radius 3 is 0.859 bits per heavy atom. The number of alkyl carbamates (subject to hydrolysis) is 2. The summed E-state index contributed by atoms with van der Waals surface area (Å²) in [5.74, 6) is -1.35. The summed E-state index contributed by atoms with van der Waals surface area (Å²) in [6, 6.07) is -3.19. The molecule has 0 radical (unpaired) electrons. The number of carbonyl (C=O) groups excluding carboxylic acids is 6. The van der Waals surface area contributed by atoms with E-state index in [-0.39, 0.29) is 11.8 Å². The van der Waals surface area contributed by atoms with Crippen molar-refractivity contribution in [3.8, 4) is 0 Å². The van der Waals surface area contributed by atoms with Gasteiger partial charge in [0.2, 0.25) is 23.6 Å². The molecule has 0 heterocycles. The number of nitrogens with two attached hydrogens (primary N) is 4. The second-order valence-electron chi connectivity index (χ2n) is 18.8. The molecule has 0 aliphatic heterocycles. The van der Waals surface area contributed by atoms with Crippen LogP contribution in [-0.2, 0) is 28.7 Å². The molecule has 0 fully saturated rings. The van der Waals surface area contributed by atoms with Gasteiger partial charge in [-0.2, -0.15) is 0 Å². The van der Waals surface area contributed by atoms with Gasteiger partial charge in [0, 0.05) is 13.1 Å². The first kappa shape index (κ1) is 60.3. The van der Waals surface area contributed by atoms with E-state index < -0.39 is 59.4 Å². The van der Waals surface area contributed by atoms with E-state index in [1.165, 1.54) is 0 Å². The van der Waals surface area contributed by atoms with Crippen molar-refractivity contribution < 1.29 is 38.2 Å². The highest BCUT2D eigenvalue weighted by Gasteiger charge is 2.30. The lowest BCUT2D eigenvalue weighted by atomic mass is 10.0. The van der Waals surface area contributed by atoms with Crippen molar-refractivity contribution in [2.24, 2.45) is 22.9 Å². The van der Waals surface area contributed by atoms with Crippen molar-refractivity contribution in [2.75, 3.05) is 39.3 Å². The van der Waals surface area contributed by atoms with Gasteiger partial charge >= 0.3 is 12.2 Å². The summed E-state index contributed by atoms with van der Waals surface area (Å²) < 4.78 is 10.7. The molecule has 374 valence electrons. The SMILES string of the molecule is CC(C)(C)OC(=O)N[C@@H](CCCCN)C(=O)N[C@@H](CCCCN)C(=O)NCCCCCCCCCCCCNC(=O)[C@H](CCCCN)NC(=O)[C@H](CCCCN)NC(=O)OC(C)(C)C. The first-order valence-electron chi connectivity index (χ1n) is 24.3. The minimum atomic E-state index is -0.856. The number of unbranched alkanes of at least 4 members (excludes halogenated alkanes) is 13. The molecule has 14 N–H and O–H groups in total. The number of amides is 6. The summed E-state index contributed by atoms with van der Waals surface area (Å²) in [6.07, 6.45) is 15.9. The Morgan fingerprint density at radius 2 is 0.609 bits per heavy atom. The molecule has 0 aliphatic rings. The van der Waals surface area contributed by atoms with Crippen molar-refractivity contribution in [1.82, 2.24) is 31.9 Å². The molecular formula is C46H92N10O8. The van der Waals surface area contributed by atoms with Crippen LogP contribution in [0.25, 0.3) is 0 Å². The Balaban J connectivity index is 4.67. The Kier molecular flexibility index (Phi) is 34.3. The maximum absolute atomic E-state index is 13.3. The lowest BCUT2D eigenvalue weighted by Crippen LogP contribution is -2.54. The molecular weight excluding hydrogens is 821 g/mol. The second-order valence-corrected chi connectivity index (χ2v) is 18.8. The molecule has 18 heteroatoms. The van der Waals surface area contributed by atoms with Gasteiger partial charge in [-0.25, -0.2) is 9.59 Å². The molecule has 64 heavy (non-hydrogen) atoms. The quantitative estimate of drug-likeness (QED) is 0.0389. The third-order valence-electron chi connectivity index (χ3n) is 10.3. The van der Waals surface area contributed by atoms with Crippen LogP contribution < -0.4 is 54.8 Å². The topological polar surface area (TPSA) is 297 Å². The molecule has 0 unspecified atom stereocenters. The first-order chi connectivity index (χ1) is 30.4. The van der Waals surface area contributed by atoms with Crippen LogP contribution in [0.1, 0.15) is 183 Å². The van der Waals surface area contributed by atoms with E-state index in [2.05, 4.69) is 31.9 Å². The van der Waals surface area contributed by atoms with E-state index in [1.807, 2.05) is 0 Å². The molecule has 0 aromatic rings. The molecule has 0 saturated heterocycles. The standard InChI is InChI=1S/C46H92N10O8/c1-45(2,3)63-43(61)55-37(27-17-21-31-49)41(59)53-35(25-15-19-29-47)39(57)51-33-23-13-11-9-7-8-10-12-14-24-34-52-40(58)36(26-16-20-30-48)54-42(60)38(28-18-22-32-50)56-44(62)64-46(4,5)6/h35-38H,7-34,47-50H2,1-6H3,(H,51,57)(H,52,58)(H,53,59)(H,54,60)(H,55,61)(H,56,62)/t35-,36-,37-,38-/m0/s1. The molecule has 0 saturated carbocycles. The van der Waals surface area contributed by atoms with Gasteiger partial charge in [-0.15, -0.1) is 0 Å². The summed E-state index contributed by atoms with van der Waals surface area (Å²) in [5, 5.41) is 17.0. The zero-order valence-corrected chi connectivity index (χ0v) is 40.7. The van der Waals surface area contributed by atoms with Gasteiger partial charge < -0.3 is 64.3 Å². The highest BCUT2D eigenvalue weighted by Crippen LogP contribution is 2.13. The molecule has 0 aromatic carbocycles. The molecule has 0 aromatic heterocycles. The van der Waals surface area contributed by atoms with Crippen LogP contribution >= 0.6 is 0 Å². The Hall–Kier alpha value is -3.74. The van der Waals surface area contributed by atoms with Gasteiger partial charge in [0.15, 0.2) is 0 Å². The fraction of sp³-hybridized carbons (Fsp3) is 0.870. The summed E-state index contributed by atoms with van der Waals surface area (Å²) in [5.41, 5.74) is 21.2. The van der Waals surface area contributed by atoms with Crippen molar-refractivity contribution >= 4 is 35.8 Å². The largest absolute Gasteiger partial charge is 0.444 e. The third kappa shape index (κ3) is 33.7. The van der Waals surface area contributed by atoms with Crippen molar-refractivity contribution in [1.29, 1.82) is 0 Å². The van der Waals surface area contributed by atoms with Crippen molar-refractivity contribution in [3.63, 3.8) is 0 Å². The van der Waals surface area contributed by atoms with E-state index in [9.17, 15) is 28.8 Å². The first-order valence-corrected chi connectivity index (χ1v) is 24.3. The highest BCUT2D eigenvalue weighted by molar-refractivity contribution is 5.92. The fourth-order valence-electron chi connectivity index (χ4n) is 6.82. The summed E-state index contributed by atoms with van der Waals surface area (Å²) in [4.78, 5) is 78.0. The number of ether oxygens (including phenoxy) is 2. The molecule has 0 aliphatic carbocycles. The van der Waals surface area contributed by atoms with Crippen LogP contribution in [0.4, 0.5) is 9.59 Å². The Morgan fingerprint density at radius 1 is 0.359 bits per heavy atom. The smallest absolute Gasteiger partial charge is 0.408 e. The van der Waals surface area contributed by atoms with Crippen LogP contribution in [0.2, 0.25) is 0 Å². The zero-order chi connectivity index (χ0) is 48.2. The average Bonchev–Trinajstić information content (AvgIpc) is 3.20. The highest BCUT2D eigenvalue weighted by atomic mass is 16.6. The van der Waals surface area contributed by atoms with Crippen LogP contribution in [0.15, 0.2) is 0 Å². The molecule has 0 spiro atoms. The number of nitrogens with one attached hydrogen (secondary N) is 6. The van der Waals surface area contributed by atoms with Gasteiger partial charge in [0.05, 0.1) is 0 Å². The maximum Gasteiger partial charge on any atom is 0.408 e. The van der Waals surface area contributed by atoms with Crippen LogP contribution in [0, 0.1) is 0 Å². The predicted octanol–water partition coefficient (Wildman–Crippen LogP) is 4.39. The van der Waals surface area contributed by atoms with Crippen molar-refractivity contribution in [3.05, 3.63) is 0 Å². The van der Waals surface area contributed by atoms with Gasteiger partial charge in [0.1, 0.15) is 35.4 Å². The molecule has 18 nitrogen and oxygen atoms in total. The lowest BCUT2D eigenvalue weighted by molar-refractivity contribution is -0.130. The van der Waals surface area contributed by atoms with Gasteiger partial charge in [0.25, 0.3) is 0 Å². The third-order valence-corrected chi connectivity index (χ3v) is 10.3. The number of rotatable bonds is 37. The minimum Gasteiger partial charge on any atom is -0.444 e. The summed E-state index contributed by atoms with van der Waals surface area (Å²) in [7, 11) is 0. The predicted molar refractivity (Wildman–Crippen MR) is 254 cm³/mol. The van der Waals surface area contributed by atoms with Gasteiger partial charge in [-0.05, 0) is 158 Å². The van der Waals surface area contributed by atoms with Gasteiger partial charge in [-0.3, -0.25) is 19.2 Å². The molecule has 0 bridgehead atoms. The van der Waals surface area contributed by atoms with E-state index in [0.717, 1.165) is 77.0 Å². The fourth-order valence-corrected chi connectivity index (χ4v) is 6.82. The normalized spacial score (nSPS) is 13.5. The van der Waals surface area contributed by atoms with E-state index in [1.54, 1.807) is 41.5 Å². The van der Waals surface area contributed by atoms with E-state index in [4.69, 9.17) is 32.4 Å². The number of carbonyl (C=O) groups is 6. The summed E-state index contributed by atoms with van der Waals surface area (Å²) in [6.45, 7) is 13.4. The number of hydrogen-bond acceptors (Lipinski definition) is 12. The lowest BCUT2D eigenvalue weighted by Gasteiger charge is -2.25. The maximum atomic E-state index is 13.3. The van der Waals surface area contributed by atoms with E-state index >= 15 is 0 Å². The molecule has 4 atom stereocenters. The number of hydrogen-bond donors (Lipinski definition) is 10. The monoisotopic (exact) mass is 913 g/mol. The molecule has 0 rings (SSSR count). The molecule has 6 amide bonds. The van der Waals surface area contributed by atoms with E-state index in [0.29, 0.717) is 103 Å². The average molecular weight is 913 g/mol. The zero-order valence-electron chi connectivity index (χ0n) is 40.7.